The third-order valence-electron chi connectivity index (χ3n) is 5.67. The molecule has 2 aromatic heterocycles. The summed E-state index contributed by atoms with van der Waals surface area (Å²) in [5, 5.41) is 22.5. The summed E-state index contributed by atoms with van der Waals surface area (Å²) in [6.07, 6.45) is 6.89. The molecule has 0 aliphatic carbocycles. The topological polar surface area (TPSA) is 102 Å². The Hall–Kier alpha value is -3.34. The Bertz CT molecular complexity index is 1030. The molecule has 1 aliphatic rings. The summed E-state index contributed by atoms with van der Waals surface area (Å²) in [5.74, 6) is 1.71. The maximum atomic E-state index is 9.75. The van der Waals surface area contributed by atoms with Gasteiger partial charge >= 0.3 is 0 Å². The minimum atomic E-state index is 0.325. The minimum Gasteiger partial charge on any atom is -0.370 e. The first-order valence-corrected chi connectivity index (χ1v) is 10.1. The number of piperidine rings is 1. The molecule has 2 N–H and O–H groups in total. The first-order valence-electron chi connectivity index (χ1n) is 10.1. The van der Waals surface area contributed by atoms with Crippen LogP contribution in [0, 0.1) is 11.3 Å². The van der Waals surface area contributed by atoms with Crippen molar-refractivity contribution < 1.29 is 0 Å². The number of para-hydroxylation sites is 1. The highest BCUT2D eigenvalue weighted by Gasteiger charge is 2.27. The Morgan fingerprint density at radius 1 is 1.24 bits per heavy atom. The second-order valence-electron chi connectivity index (χ2n) is 7.54. The van der Waals surface area contributed by atoms with Crippen LogP contribution in [0.15, 0.2) is 30.6 Å². The van der Waals surface area contributed by atoms with Crippen molar-refractivity contribution in [2.45, 2.75) is 38.6 Å². The molecule has 3 aromatic rings. The Morgan fingerprint density at radius 3 is 2.69 bits per heavy atom. The molecule has 0 spiro atoms. The summed E-state index contributed by atoms with van der Waals surface area (Å²) in [5.41, 5.74) is 9.66. The molecule has 1 saturated heterocycles. The number of hydrogen-bond acceptors (Lipinski definition) is 6. The third-order valence-corrected chi connectivity index (χ3v) is 5.67. The van der Waals surface area contributed by atoms with Gasteiger partial charge in [0, 0.05) is 49.9 Å². The smallest absolute Gasteiger partial charge is 0.221 e. The SMILES string of the molecule is CCCn1cc(-c2cccc(C#N)c2N2CCC(c3nnc(N)n3C)CC2)cn1. The second-order valence-corrected chi connectivity index (χ2v) is 7.54. The summed E-state index contributed by atoms with van der Waals surface area (Å²) < 4.78 is 3.83. The van der Waals surface area contributed by atoms with Crippen molar-refractivity contribution in [1.82, 2.24) is 24.5 Å². The Morgan fingerprint density at radius 2 is 2.03 bits per heavy atom. The zero-order chi connectivity index (χ0) is 20.4. The van der Waals surface area contributed by atoms with Gasteiger partial charge in [-0.05, 0) is 25.3 Å². The predicted molar refractivity (Wildman–Crippen MR) is 112 cm³/mol. The molecule has 1 aliphatic heterocycles. The minimum absolute atomic E-state index is 0.325. The first-order chi connectivity index (χ1) is 14.1. The van der Waals surface area contributed by atoms with E-state index in [0.717, 1.165) is 61.5 Å². The van der Waals surface area contributed by atoms with Crippen LogP contribution in [0.3, 0.4) is 0 Å². The Kier molecular flexibility index (Phi) is 5.21. The maximum Gasteiger partial charge on any atom is 0.221 e. The van der Waals surface area contributed by atoms with Crippen molar-refractivity contribution in [2.75, 3.05) is 23.7 Å². The van der Waals surface area contributed by atoms with Crippen LogP contribution < -0.4 is 10.6 Å². The van der Waals surface area contributed by atoms with Crippen LogP contribution in [0.5, 0.6) is 0 Å². The van der Waals surface area contributed by atoms with E-state index in [1.807, 2.05) is 34.6 Å². The summed E-state index contributed by atoms with van der Waals surface area (Å²) in [6, 6.07) is 8.30. The average Bonchev–Trinajstić information content (AvgIpc) is 3.35. The number of nitrogens with zero attached hydrogens (tertiary/aromatic N) is 7. The fourth-order valence-corrected chi connectivity index (χ4v) is 4.13. The zero-order valence-electron chi connectivity index (χ0n) is 16.9. The van der Waals surface area contributed by atoms with Gasteiger partial charge in [-0.1, -0.05) is 19.1 Å². The molecule has 0 bridgehead atoms. The number of nitrogen functional groups attached to an aromatic ring is 1. The number of hydrogen-bond donors (Lipinski definition) is 1. The van der Waals surface area contributed by atoms with Gasteiger partial charge in [-0.15, -0.1) is 10.2 Å². The number of aryl methyl sites for hydroxylation is 1. The van der Waals surface area contributed by atoms with Gasteiger partial charge in [0.25, 0.3) is 0 Å². The number of nitriles is 1. The number of rotatable bonds is 5. The van der Waals surface area contributed by atoms with Crippen LogP contribution in [0.2, 0.25) is 0 Å². The van der Waals surface area contributed by atoms with Gasteiger partial charge in [0.1, 0.15) is 11.9 Å². The normalized spacial score (nSPS) is 14.9. The van der Waals surface area contributed by atoms with Gasteiger partial charge < -0.3 is 15.2 Å². The molecule has 1 aromatic carbocycles. The lowest BCUT2D eigenvalue weighted by atomic mass is 9.93. The monoisotopic (exact) mass is 390 g/mol. The van der Waals surface area contributed by atoms with Gasteiger partial charge in [0.2, 0.25) is 5.95 Å². The maximum absolute atomic E-state index is 9.75. The first kappa shape index (κ1) is 19.0. The van der Waals surface area contributed by atoms with E-state index in [4.69, 9.17) is 5.73 Å². The molecule has 8 nitrogen and oxygen atoms in total. The van der Waals surface area contributed by atoms with Crippen LogP contribution in [0.25, 0.3) is 11.1 Å². The molecule has 1 fully saturated rings. The Balaban J connectivity index is 1.61. The lowest BCUT2D eigenvalue weighted by molar-refractivity contribution is 0.475. The van der Waals surface area contributed by atoms with E-state index in [2.05, 4.69) is 45.5 Å². The van der Waals surface area contributed by atoms with E-state index in [9.17, 15) is 5.26 Å². The number of anilines is 2. The molecule has 0 amide bonds. The van der Waals surface area contributed by atoms with E-state index in [0.29, 0.717) is 17.4 Å². The second kappa shape index (κ2) is 7.95. The van der Waals surface area contributed by atoms with Crippen molar-refractivity contribution in [2.24, 2.45) is 7.05 Å². The summed E-state index contributed by atoms with van der Waals surface area (Å²) in [4.78, 5) is 2.32. The summed E-state index contributed by atoms with van der Waals surface area (Å²) in [7, 11) is 1.91. The number of aromatic nitrogens is 5. The highest BCUT2D eigenvalue weighted by atomic mass is 15.3. The average molecular weight is 390 g/mol. The lowest BCUT2D eigenvalue weighted by Crippen LogP contribution is -2.34. The predicted octanol–water partition coefficient (Wildman–Crippen LogP) is 2.93. The third kappa shape index (κ3) is 3.56. The van der Waals surface area contributed by atoms with Crippen LogP contribution in [0.1, 0.15) is 43.5 Å². The molecule has 0 unspecified atom stereocenters. The molecule has 0 saturated carbocycles. The van der Waals surface area contributed by atoms with Crippen LogP contribution in [0.4, 0.5) is 11.6 Å². The van der Waals surface area contributed by atoms with Crippen LogP contribution >= 0.6 is 0 Å². The number of nitrogens with two attached hydrogens (primary N) is 1. The summed E-state index contributed by atoms with van der Waals surface area (Å²) in [6.45, 7) is 4.73. The van der Waals surface area contributed by atoms with E-state index in [1.165, 1.54) is 0 Å². The van der Waals surface area contributed by atoms with Gasteiger partial charge in [0.05, 0.1) is 17.4 Å². The highest BCUT2D eigenvalue weighted by molar-refractivity contribution is 5.82. The molecule has 3 heterocycles. The molecule has 0 atom stereocenters. The van der Waals surface area contributed by atoms with E-state index in [1.54, 1.807) is 0 Å². The van der Waals surface area contributed by atoms with Crippen LogP contribution in [-0.2, 0) is 13.6 Å². The summed E-state index contributed by atoms with van der Waals surface area (Å²) >= 11 is 0. The molecule has 0 radical (unpaired) electrons. The standard InChI is InChI=1S/C21H26N8/c1-3-9-29-14-17(13-24-29)18-6-4-5-16(12-22)19(18)28-10-7-15(8-11-28)20-25-26-21(23)27(20)2/h4-6,13-15H,3,7-11H2,1-2H3,(H2,23,26). The molecular formula is C21H26N8. The van der Waals surface area contributed by atoms with Crippen molar-refractivity contribution in [3.05, 3.63) is 42.0 Å². The lowest BCUT2D eigenvalue weighted by Gasteiger charge is -2.34. The van der Waals surface area contributed by atoms with Crippen molar-refractivity contribution >= 4 is 11.6 Å². The van der Waals surface area contributed by atoms with Gasteiger partial charge in [-0.25, -0.2) is 0 Å². The quantitative estimate of drug-likeness (QED) is 0.719. The van der Waals surface area contributed by atoms with Gasteiger partial charge in [0.15, 0.2) is 0 Å². The van der Waals surface area contributed by atoms with Gasteiger partial charge in [-0.3, -0.25) is 4.68 Å². The largest absolute Gasteiger partial charge is 0.370 e. The molecule has 4 rings (SSSR count). The van der Waals surface area contributed by atoms with Crippen molar-refractivity contribution in [3.8, 4) is 17.2 Å². The van der Waals surface area contributed by atoms with E-state index < -0.39 is 0 Å². The van der Waals surface area contributed by atoms with Crippen molar-refractivity contribution in [1.29, 1.82) is 5.26 Å². The number of benzene rings is 1. The van der Waals surface area contributed by atoms with Gasteiger partial charge in [-0.2, -0.15) is 10.4 Å². The molecule has 29 heavy (non-hydrogen) atoms. The zero-order valence-corrected chi connectivity index (χ0v) is 16.9. The molecular weight excluding hydrogens is 364 g/mol. The van der Waals surface area contributed by atoms with E-state index in [-0.39, 0.29) is 0 Å². The van der Waals surface area contributed by atoms with Crippen molar-refractivity contribution in [3.63, 3.8) is 0 Å². The highest BCUT2D eigenvalue weighted by Crippen LogP contribution is 2.37. The molecule has 8 heteroatoms. The van der Waals surface area contributed by atoms with E-state index >= 15 is 0 Å². The fraction of sp³-hybridized carbons (Fsp3) is 0.429. The fourth-order valence-electron chi connectivity index (χ4n) is 4.13. The molecule has 150 valence electrons. The van der Waals surface area contributed by atoms with Crippen LogP contribution in [-0.4, -0.2) is 37.6 Å². The Labute approximate surface area is 170 Å².